The van der Waals surface area contributed by atoms with E-state index in [4.69, 9.17) is 5.73 Å². The predicted octanol–water partition coefficient (Wildman–Crippen LogP) is 5.84. The molecule has 0 spiro atoms. The van der Waals surface area contributed by atoms with Gasteiger partial charge in [0.25, 0.3) is 11.8 Å². The highest BCUT2D eigenvalue weighted by molar-refractivity contribution is 6.07. The summed E-state index contributed by atoms with van der Waals surface area (Å²) in [5.41, 5.74) is 10.9. The van der Waals surface area contributed by atoms with Gasteiger partial charge >= 0.3 is 0 Å². The molecule has 5 aromatic rings. The molecule has 0 atom stereocenters. The Kier molecular flexibility index (Phi) is 10.2. The standard InChI is InChI=1S/C38H42N6O4/c1-5-43(6-2)28-13-14-32(31(23-28)33-22-26(35(39)46)15-18-40-33)41-36(47)27-10-7-9-25(21-27)24-44-19-16-29-30(11-8-12-34(29)44)37(48)42-38(3,4)17-20-45/h7-16,18-19,21-23,45H,5-6,17,20,24H2,1-4H3,(H2,39,46)(H,41,47)(H,42,48). The highest BCUT2D eigenvalue weighted by Gasteiger charge is 2.22. The molecule has 0 radical (unpaired) electrons. The molecule has 3 amide bonds. The Morgan fingerprint density at radius 3 is 2.42 bits per heavy atom. The van der Waals surface area contributed by atoms with Gasteiger partial charge in [0.15, 0.2) is 0 Å². The van der Waals surface area contributed by atoms with Crippen molar-refractivity contribution in [2.45, 2.75) is 46.2 Å². The van der Waals surface area contributed by atoms with Crippen LogP contribution < -0.4 is 21.3 Å². The first kappa shape index (κ1) is 33.9. The lowest BCUT2D eigenvalue weighted by Crippen LogP contribution is -2.44. The van der Waals surface area contributed by atoms with Crippen LogP contribution in [0.4, 0.5) is 11.4 Å². The number of amides is 3. The molecule has 0 aliphatic heterocycles. The minimum absolute atomic E-state index is 0.0168. The second-order valence-corrected chi connectivity index (χ2v) is 12.3. The number of carbonyl (C=O) groups is 3. The van der Waals surface area contributed by atoms with Gasteiger partial charge in [0, 0.05) is 83.0 Å². The van der Waals surface area contributed by atoms with Crippen molar-refractivity contribution in [3.8, 4) is 11.3 Å². The number of nitrogens with zero attached hydrogens (tertiary/aromatic N) is 3. The summed E-state index contributed by atoms with van der Waals surface area (Å²) in [6.45, 7) is 9.99. The van der Waals surface area contributed by atoms with Crippen molar-refractivity contribution in [3.63, 3.8) is 0 Å². The lowest BCUT2D eigenvalue weighted by atomic mass is 10.00. The van der Waals surface area contributed by atoms with Crippen molar-refractivity contribution >= 4 is 40.0 Å². The molecule has 5 N–H and O–H groups in total. The topological polar surface area (TPSA) is 143 Å². The van der Waals surface area contributed by atoms with Crippen LogP contribution >= 0.6 is 0 Å². The van der Waals surface area contributed by atoms with Crippen LogP contribution in [0.1, 0.15) is 70.8 Å². The van der Waals surface area contributed by atoms with Crippen LogP contribution in [0.15, 0.2) is 91.3 Å². The number of rotatable bonds is 13. The third-order valence-corrected chi connectivity index (χ3v) is 8.49. The fraction of sp³-hybridized carbons (Fsp3) is 0.263. The smallest absolute Gasteiger partial charge is 0.255 e. The largest absolute Gasteiger partial charge is 0.396 e. The molecule has 0 fully saturated rings. The number of hydrogen-bond donors (Lipinski definition) is 4. The first-order chi connectivity index (χ1) is 23.0. The maximum absolute atomic E-state index is 13.7. The molecule has 10 heteroatoms. The molecule has 10 nitrogen and oxygen atoms in total. The molecular formula is C38H42N6O4. The van der Waals surface area contributed by atoms with Gasteiger partial charge in [-0.2, -0.15) is 0 Å². The molecule has 0 aliphatic carbocycles. The van der Waals surface area contributed by atoms with Crippen LogP contribution in [0.5, 0.6) is 0 Å². The molecule has 0 saturated carbocycles. The summed E-state index contributed by atoms with van der Waals surface area (Å²) in [6.07, 6.45) is 3.92. The zero-order chi connectivity index (χ0) is 34.4. The Hall–Kier alpha value is -5.48. The van der Waals surface area contributed by atoms with E-state index in [1.165, 1.54) is 6.20 Å². The maximum atomic E-state index is 13.7. The number of hydrogen-bond acceptors (Lipinski definition) is 6. The van der Waals surface area contributed by atoms with Crippen molar-refractivity contribution in [2.24, 2.45) is 5.73 Å². The Balaban J connectivity index is 1.41. The number of pyridine rings is 1. The van der Waals surface area contributed by atoms with Crippen molar-refractivity contribution in [3.05, 3.63) is 114 Å². The van der Waals surface area contributed by atoms with E-state index in [1.54, 1.807) is 24.3 Å². The van der Waals surface area contributed by atoms with Crippen LogP contribution in [0.25, 0.3) is 22.2 Å². The number of benzene rings is 3. The van der Waals surface area contributed by atoms with E-state index in [0.29, 0.717) is 46.6 Å². The van der Waals surface area contributed by atoms with E-state index >= 15 is 0 Å². The highest BCUT2D eigenvalue weighted by Crippen LogP contribution is 2.32. The Morgan fingerprint density at radius 1 is 0.917 bits per heavy atom. The van der Waals surface area contributed by atoms with Crippen molar-refractivity contribution in [1.29, 1.82) is 0 Å². The molecule has 5 rings (SSSR count). The lowest BCUT2D eigenvalue weighted by molar-refractivity contribution is 0.0900. The molecule has 2 aromatic heterocycles. The van der Waals surface area contributed by atoms with E-state index in [0.717, 1.165) is 35.2 Å². The number of aliphatic hydroxyl groups is 1. The summed E-state index contributed by atoms with van der Waals surface area (Å²) >= 11 is 0. The maximum Gasteiger partial charge on any atom is 0.255 e. The number of carbonyl (C=O) groups excluding carboxylic acids is 3. The number of anilines is 2. The summed E-state index contributed by atoms with van der Waals surface area (Å²) in [5.74, 6) is -1.05. The second kappa shape index (κ2) is 14.5. The minimum Gasteiger partial charge on any atom is -0.396 e. The second-order valence-electron chi connectivity index (χ2n) is 12.3. The number of nitrogens with two attached hydrogens (primary N) is 1. The summed E-state index contributed by atoms with van der Waals surface area (Å²) in [7, 11) is 0. The van der Waals surface area contributed by atoms with Gasteiger partial charge in [0.2, 0.25) is 5.91 Å². The molecule has 0 aliphatic rings. The Bertz CT molecular complexity index is 1960. The number of nitrogens with one attached hydrogen (secondary N) is 2. The normalized spacial score (nSPS) is 11.4. The zero-order valence-electron chi connectivity index (χ0n) is 27.8. The molecular weight excluding hydrogens is 604 g/mol. The molecule has 3 aromatic carbocycles. The first-order valence-corrected chi connectivity index (χ1v) is 16.1. The summed E-state index contributed by atoms with van der Waals surface area (Å²) in [6, 6.07) is 23.9. The van der Waals surface area contributed by atoms with E-state index in [-0.39, 0.29) is 18.4 Å². The average Bonchev–Trinajstić information content (AvgIpc) is 3.48. The number of aliphatic hydroxyl groups excluding tert-OH is 1. The molecule has 48 heavy (non-hydrogen) atoms. The average molecular weight is 647 g/mol. The number of aromatic nitrogens is 2. The van der Waals surface area contributed by atoms with Gasteiger partial charge in [0.1, 0.15) is 0 Å². The quantitative estimate of drug-likeness (QED) is 0.127. The summed E-state index contributed by atoms with van der Waals surface area (Å²) in [4.78, 5) is 45.4. The van der Waals surface area contributed by atoms with Crippen molar-refractivity contribution < 1.29 is 19.5 Å². The fourth-order valence-electron chi connectivity index (χ4n) is 5.85. The molecule has 2 heterocycles. The fourth-order valence-corrected chi connectivity index (χ4v) is 5.85. The third-order valence-electron chi connectivity index (χ3n) is 8.49. The van der Waals surface area contributed by atoms with E-state index < -0.39 is 11.4 Å². The minimum atomic E-state index is -0.557. The summed E-state index contributed by atoms with van der Waals surface area (Å²) < 4.78 is 2.05. The Morgan fingerprint density at radius 2 is 1.69 bits per heavy atom. The van der Waals surface area contributed by atoms with Crippen LogP contribution in [0.3, 0.4) is 0 Å². The lowest BCUT2D eigenvalue weighted by Gasteiger charge is -2.25. The molecule has 0 bridgehead atoms. The SMILES string of the molecule is CCN(CC)c1ccc(NC(=O)c2cccc(Cn3ccc4c(C(=O)NC(C)(C)CCO)cccc43)c2)c(-c2cc(C(N)=O)ccn2)c1. The van der Waals surface area contributed by atoms with E-state index in [9.17, 15) is 19.5 Å². The molecule has 248 valence electrons. The molecule has 0 unspecified atom stereocenters. The highest BCUT2D eigenvalue weighted by atomic mass is 16.3. The predicted molar refractivity (Wildman–Crippen MR) is 190 cm³/mol. The third kappa shape index (κ3) is 7.56. The van der Waals surface area contributed by atoms with Gasteiger partial charge in [-0.05, 0) is 100 Å². The molecule has 0 saturated heterocycles. The Labute approximate surface area is 280 Å². The number of fused-ring (bicyclic) bond motifs is 1. The van der Waals surface area contributed by atoms with Gasteiger partial charge in [0.05, 0.1) is 11.4 Å². The van der Waals surface area contributed by atoms with E-state index in [2.05, 4.69) is 34.4 Å². The van der Waals surface area contributed by atoms with Gasteiger partial charge in [-0.3, -0.25) is 19.4 Å². The van der Waals surface area contributed by atoms with Crippen LogP contribution in [-0.2, 0) is 6.54 Å². The number of primary amides is 1. The van der Waals surface area contributed by atoms with Gasteiger partial charge < -0.3 is 30.9 Å². The zero-order valence-corrected chi connectivity index (χ0v) is 27.8. The monoisotopic (exact) mass is 646 g/mol. The van der Waals surface area contributed by atoms with Crippen LogP contribution in [0.2, 0.25) is 0 Å². The van der Waals surface area contributed by atoms with Crippen LogP contribution in [-0.4, -0.2) is 57.6 Å². The van der Waals surface area contributed by atoms with Crippen molar-refractivity contribution in [2.75, 3.05) is 29.9 Å². The first-order valence-electron chi connectivity index (χ1n) is 16.1. The van der Waals surface area contributed by atoms with Crippen LogP contribution in [0, 0.1) is 0 Å². The summed E-state index contributed by atoms with van der Waals surface area (Å²) in [5, 5.41) is 16.3. The van der Waals surface area contributed by atoms with E-state index in [1.807, 2.05) is 79.2 Å². The van der Waals surface area contributed by atoms with Gasteiger partial charge in [-0.25, -0.2) is 0 Å². The van der Waals surface area contributed by atoms with Gasteiger partial charge in [-0.1, -0.05) is 18.2 Å². The van der Waals surface area contributed by atoms with Gasteiger partial charge in [-0.15, -0.1) is 0 Å². The van der Waals surface area contributed by atoms with Crippen molar-refractivity contribution in [1.82, 2.24) is 14.9 Å².